The van der Waals surface area contributed by atoms with Crippen molar-refractivity contribution >= 4 is 0 Å². The van der Waals surface area contributed by atoms with Gasteiger partial charge < -0.3 is 15.0 Å². The van der Waals surface area contributed by atoms with Crippen molar-refractivity contribution in [1.29, 1.82) is 0 Å². The summed E-state index contributed by atoms with van der Waals surface area (Å²) in [5, 5.41) is 3.23. The van der Waals surface area contributed by atoms with Crippen molar-refractivity contribution in [2.24, 2.45) is 11.8 Å². The van der Waals surface area contributed by atoms with Gasteiger partial charge in [0.25, 0.3) is 0 Å². The molecular formula is C12H26N2O. The Kier molecular flexibility index (Phi) is 6.22. The van der Waals surface area contributed by atoms with E-state index >= 15 is 0 Å². The Bertz CT molecular complexity index is 158. The zero-order valence-corrected chi connectivity index (χ0v) is 10.5. The van der Waals surface area contributed by atoms with E-state index in [-0.39, 0.29) is 0 Å². The van der Waals surface area contributed by atoms with Gasteiger partial charge in [-0.2, -0.15) is 0 Å². The molecule has 0 aromatic heterocycles. The minimum Gasteiger partial charge on any atom is -0.381 e. The summed E-state index contributed by atoms with van der Waals surface area (Å²) in [5.41, 5.74) is 0. The normalized spacial score (nSPS) is 24.4. The quantitative estimate of drug-likeness (QED) is 0.719. The van der Waals surface area contributed by atoms with Crippen molar-refractivity contribution in [2.45, 2.75) is 19.8 Å². The van der Waals surface area contributed by atoms with Crippen LogP contribution >= 0.6 is 0 Å². The predicted molar refractivity (Wildman–Crippen MR) is 64.1 cm³/mol. The van der Waals surface area contributed by atoms with Crippen LogP contribution in [-0.2, 0) is 4.74 Å². The van der Waals surface area contributed by atoms with Gasteiger partial charge in [-0.3, -0.25) is 0 Å². The highest BCUT2D eigenvalue weighted by Gasteiger charge is 2.16. The summed E-state index contributed by atoms with van der Waals surface area (Å²) < 4.78 is 5.50. The van der Waals surface area contributed by atoms with Gasteiger partial charge in [0, 0.05) is 19.7 Å². The first-order valence-electron chi connectivity index (χ1n) is 6.13. The molecule has 0 bridgehead atoms. The second-order valence-electron chi connectivity index (χ2n) is 4.97. The lowest BCUT2D eigenvalue weighted by Gasteiger charge is -2.28. The molecule has 1 heterocycles. The Morgan fingerprint density at radius 1 is 1.53 bits per heavy atom. The lowest BCUT2D eigenvalue weighted by Crippen LogP contribution is -2.35. The number of nitrogens with zero attached hydrogens (tertiary/aromatic N) is 1. The smallest absolute Gasteiger partial charge is 0.0506 e. The number of hydrogen-bond donors (Lipinski definition) is 1. The van der Waals surface area contributed by atoms with Crippen LogP contribution in [0.25, 0.3) is 0 Å². The lowest BCUT2D eigenvalue weighted by molar-refractivity contribution is 0.0405. The van der Waals surface area contributed by atoms with Gasteiger partial charge in [0.2, 0.25) is 0 Å². The second kappa shape index (κ2) is 7.20. The monoisotopic (exact) mass is 214 g/mol. The summed E-state index contributed by atoms with van der Waals surface area (Å²) in [6.07, 6.45) is 2.58. The molecule has 1 aliphatic rings. The van der Waals surface area contributed by atoms with E-state index in [1.54, 1.807) is 0 Å². The van der Waals surface area contributed by atoms with Crippen LogP contribution in [0, 0.1) is 11.8 Å². The van der Waals surface area contributed by atoms with Crippen molar-refractivity contribution in [1.82, 2.24) is 10.2 Å². The number of ether oxygens (including phenoxy) is 1. The average Bonchev–Trinajstić information content (AvgIpc) is 2.19. The number of rotatable bonds is 6. The molecule has 0 spiro atoms. The molecule has 1 rings (SSSR count). The fourth-order valence-corrected chi connectivity index (χ4v) is 2.41. The molecule has 0 amide bonds. The van der Waals surface area contributed by atoms with Crippen LogP contribution in [0.1, 0.15) is 19.8 Å². The number of hydrogen-bond acceptors (Lipinski definition) is 3. The van der Waals surface area contributed by atoms with Gasteiger partial charge in [0.05, 0.1) is 6.61 Å². The van der Waals surface area contributed by atoms with Gasteiger partial charge in [-0.05, 0) is 45.3 Å². The molecule has 2 unspecified atom stereocenters. The molecule has 0 saturated carbocycles. The lowest BCUT2D eigenvalue weighted by atomic mass is 10.0. The highest BCUT2D eigenvalue weighted by atomic mass is 16.5. The summed E-state index contributed by atoms with van der Waals surface area (Å²) >= 11 is 0. The van der Waals surface area contributed by atoms with E-state index in [2.05, 4.69) is 24.2 Å². The summed E-state index contributed by atoms with van der Waals surface area (Å²) in [4.78, 5) is 2.45. The fraction of sp³-hybridized carbons (Fsp3) is 1.00. The molecule has 1 aliphatic heterocycles. The molecule has 15 heavy (non-hydrogen) atoms. The van der Waals surface area contributed by atoms with Crippen molar-refractivity contribution < 1.29 is 4.74 Å². The molecule has 3 heteroatoms. The van der Waals surface area contributed by atoms with E-state index in [0.29, 0.717) is 0 Å². The standard InChI is InChI=1S/C12H26N2O/c1-11(7-13-2)8-14(3)9-12-5-4-6-15-10-12/h11-13H,4-10H2,1-3H3. The van der Waals surface area contributed by atoms with Crippen LogP contribution < -0.4 is 5.32 Å². The highest BCUT2D eigenvalue weighted by Crippen LogP contribution is 2.14. The van der Waals surface area contributed by atoms with Crippen LogP contribution in [0.2, 0.25) is 0 Å². The fourth-order valence-electron chi connectivity index (χ4n) is 2.41. The average molecular weight is 214 g/mol. The maximum Gasteiger partial charge on any atom is 0.0506 e. The zero-order valence-electron chi connectivity index (χ0n) is 10.5. The molecule has 2 atom stereocenters. The second-order valence-corrected chi connectivity index (χ2v) is 4.97. The van der Waals surface area contributed by atoms with Crippen molar-refractivity contribution in [2.75, 3.05) is 46.9 Å². The summed E-state index contributed by atoms with van der Waals surface area (Å²) in [6, 6.07) is 0. The van der Waals surface area contributed by atoms with Crippen LogP contribution in [0.5, 0.6) is 0 Å². The third-order valence-electron chi connectivity index (χ3n) is 3.00. The minimum atomic E-state index is 0.726. The Balaban J connectivity index is 2.13. The van der Waals surface area contributed by atoms with Crippen LogP contribution in [0.3, 0.4) is 0 Å². The first-order valence-corrected chi connectivity index (χ1v) is 6.13. The molecule has 3 nitrogen and oxygen atoms in total. The Hall–Kier alpha value is -0.120. The highest BCUT2D eigenvalue weighted by molar-refractivity contribution is 4.69. The number of nitrogens with one attached hydrogen (secondary N) is 1. The topological polar surface area (TPSA) is 24.5 Å². The van der Waals surface area contributed by atoms with Crippen molar-refractivity contribution in [3.63, 3.8) is 0 Å². The Labute approximate surface area is 94.2 Å². The summed E-state index contributed by atoms with van der Waals surface area (Å²) in [5.74, 6) is 1.48. The van der Waals surface area contributed by atoms with Crippen LogP contribution in [0.15, 0.2) is 0 Å². The van der Waals surface area contributed by atoms with E-state index in [1.807, 2.05) is 7.05 Å². The van der Waals surface area contributed by atoms with Gasteiger partial charge in [0.15, 0.2) is 0 Å². The molecule has 1 saturated heterocycles. The molecule has 1 fully saturated rings. The molecule has 0 aromatic carbocycles. The van der Waals surface area contributed by atoms with E-state index < -0.39 is 0 Å². The van der Waals surface area contributed by atoms with E-state index in [1.165, 1.54) is 25.9 Å². The maximum atomic E-state index is 5.50. The van der Waals surface area contributed by atoms with Gasteiger partial charge in [-0.25, -0.2) is 0 Å². The maximum absolute atomic E-state index is 5.50. The summed E-state index contributed by atoms with van der Waals surface area (Å²) in [6.45, 7) is 7.70. The van der Waals surface area contributed by atoms with Crippen molar-refractivity contribution in [3.8, 4) is 0 Å². The van der Waals surface area contributed by atoms with E-state index in [0.717, 1.165) is 31.6 Å². The third-order valence-corrected chi connectivity index (χ3v) is 3.00. The van der Waals surface area contributed by atoms with Gasteiger partial charge in [-0.15, -0.1) is 0 Å². The van der Waals surface area contributed by atoms with Gasteiger partial charge >= 0.3 is 0 Å². The first-order chi connectivity index (χ1) is 7.22. The SMILES string of the molecule is CNCC(C)CN(C)CC1CCCOC1. The molecule has 0 aliphatic carbocycles. The van der Waals surface area contributed by atoms with Gasteiger partial charge in [0.1, 0.15) is 0 Å². The van der Waals surface area contributed by atoms with Crippen LogP contribution in [-0.4, -0.2) is 51.8 Å². The van der Waals surface area contributed by atoms with E-state index in [4.69, 9.17) is 4.74 Å². The third kappa shape index (κ3) is 5.50. The van der Waals surface area contributed by atoms with E-state index in [9.17, 15) is 0 Å². The van der Waals surface area contributed by atoms with Gasteiger partial charge in [-0.1, -0.05) is 6.92 Å². The minimum absolute atomic E-state index is 0.726. The van der Waals surface area contributed by atoms with Crippen molar-refractivity contribution in [3.05, 3.63) is 0 Å². The zero-order chi connectivity index (χ0) is 11.1. The molecule has 90 valence electrons. The first kappa shape index (κ1) is 12.9. The molecule has 0 aromatic rings. The molecule has 1 N–H and O–H groups in total. The van der Waals surface area contributed by atoms with Crippen LogP contribution in [0.4, 0.5) is 0 Å². The molecule has 0 radical (unpaired) electrons. The summed E-state index contributed by atoms with van der Waals surface area (Å²) in [7, 11) is 4.24. The Morgan fingerprint density at radius 2 is 2.33 bits per heavy atom. The Morgan fingerprint density at radius 3 is 2.93 bits per heavy atom. The predicted octanol–water partition coefficient (Wildman–Crippen LogP) is 1.20. The molecular weight excluding hydrogens is 188 g/mol. The largest absolute Gasteiger partial charge is 0.381 e.